The highest BCUT2D eigenvalue weighted by atomic mass is 16.6. The number of ether oxygens (including phenoxy) is 1. The molecule has 3 unspecified atom stereocenters. The third-order valence-corrected chi connectivity index (χ3v) is 6.35. The Morgan fingerprint density at radius 1 is 1.00 bits per heavy atom. The quantitative estimate of drug-likeness (QED) is 0.264. The largest absolute Gasteiger partial charge is 0.444 e. The summed E-state index contributed by atoms with van der Waals surface area (Å²) in [4.78, 5) is 41.7. The average Bonchev–Trinajstić information content (AvgIpc) is 2.81. The summed E-state index contributed by atoms with van der Waals surface area (Å²) in [5.74, 6) is -0.786. The number of rotatable bonds is 15. The van der Waals surface area contributed by atoms with E-state index in [1.165, 1.54) is 4.90 Å². The van der Waals surface area contributed by atoms with Crippen LogP contribution in [-0.2, 0) is 14.3 Å². The lowest BCUT2D eigenvalue weighted by molar-refractivity contribution is -0.143. The summed E-state index contributed by atoms with van der Waals surface area (Å²) in [5, 5.41) is 15.7. The Balaban J connectivity index is 3.45. The van der Waals surface area contributed by atoms with Crippen molar-refractivity contribution in [1.82, 2.24) is 15.5 Å². The third-order valence-electron chi connectivity index (χ3n) is 6.35. The van der Waals surface area contributed by atoms with Crippen molar-refractivity contribution in [3.63, 3.8) is 0 Å². The highest BCUT2D eigenvalue weighted by Crippen LogP contribution is 2.27. The number of aliphatic hydroxyl groups excluding tert-OH is 1. The van der Waals surface area contributed by atoms with Gasteiger partial charge in [0.05, 0.1) is 6.61 Å². The van der Waals surface area contributed by atoms with Crippen LogP contribution >= 0.6 is 0 Å². The molecule has 0 radical (unpaired) electrons. The van der Waals surface area contributed by atoms with Crippen LogP contribution in [0, 0.1) is 13.8 Å². The van der Waals surface area contributed by atoms with Crippen LogP contribution in [0.1, 0.15) is 109 Å². The number of aliphatic hydroxyl groups is 1. The van der Waals surface area contributed by atoms with Crippen molar-refractivity contribution in [2.24, 2.45) is 0 Å². The zero-order valence-electron chi connectivity index (χ0n) is 24.9. The van der Waals surface area contributed by atoms with Gasteiger partial charge in [-0.3, -0.25) is 9.59 Å². The van der Waals surface area contributed by atoms with E-state index in [9.17, 15) is 19.5 Å². The molecule has 3 atom stereocenters. The Labute approximate surface area is 229 Å². The molecule has 0 heterocycles. The van der Waals surface area contributed by atoms with Crippen molar-refractivity contribution >= 4 is 17.9 Å². The predicted octanol–water partition coefficient (Wildman–Crippen LogP) is 5.33. The van der Waals surface area contributed by atoms with Crippen molar-refractivity contribution in [2.45, 2.75) is 124 Å². The smallest absolute Gasteiger partial charge is 0.408 e. The molecule has 0 aromatic heterocycles. The summed E-state index contributed by atoms with van der Waals surface area (Å²) in [6.45, 7) is 15.0. The SMILES string of the molecule is CCCCCCCN(C(=O)C(CO)NC(=O)OC(C)(C)C)C(C(=O)NC(C)CCC)c1ccc(C)cc1C. The summed E-state index contributed by atoms with van der Waals surface area (Å²) < 4.78 is 5.32. The van der Waals surface area contributed by atoms with Crippen LogP contribution in [0.2, 0.25) is 0 Å². The maximum atomic E-state index is 13.9. The number of amides is 3. The minimum absolute atomic E-state index is 0.0595. The molecule has 0 saturated heterocycles. The van der Waals surface area contributed by atoms with Gasteiger partial charge in [-0.2, -0.15) is 0 Å². The molecular weight excluding hydrogens is 482 g/mol. The van der Waals surface area contributed by atoms with E-state index in [1.807, 2.05) is 39.0 Å². The first-order valence-electron chi connectivity index (χ1n) is 14.1. The average molecular weight is 534 g/mol. The molecule has 0 spiro atoms. The Morgan fingerprint density at radius 3 is 2.21 bits per heavy atom. The normalized spacial score (nSPS) is 13.8. The lowest BCUT2D eigenvalue weighted by Gasteiger charge is -2.35. The highest BCUT2D eigenvalue weighted by Gasteiger charge is 2.36. The van der Waals surface area contributed by atoms with E-state index in [0.717, 1.165) is 55.2 Å². The summed E-state index contributed by atoms with van der Waals surface area (Å²) >= 11 is 0. The van der Waals surface area contributed by atoms with E-state index in [2.05, 4.69) is 24.5 Å². The molecule has 0 aliphatic heterocycles. The number of aryl methyl sites for hydroxylation is 2. The van der Waals surface area contributed by atoms with Crippen LogP contribution in [0.4, 0.5) is 4.79 Å². The van der Waals surface area contributed by atoms with Crippen LogP contribution in [0.25, 0.3) is 0 Å². The van der Waals surface area contributed by atoms with E-state index in [1.54, 1.807) is 20.8 Å². The molecular formula is C30H51N3O5. The Morgan fingerprint density at radius 2 is 1.66 bits per heavy atom. The molecule has 0 bridgehead atoms. The standard InChI is InChI=1S/C30H51N3O5/c1-9-11-12-13-14-18-33(28(36)25(20-34)32-29(37)38-30(6,7)8)26(27(35)31-23(5)15-10-2)24-17-16-21(3)19-22(24)4/h16-17,19,23,25-26,34H,9-15,18,20H2,1-8H3,(H,31,35)(H,32,37). The second-order valence-electron chi connectivity index (χ2n) is 11.3. The van der Waals surface area contributed by atoms with Crippen LogP contribution in [0.3, 0.4) is 0 Å². The molecule has 0 fully saturated rings. The summed E-state index contributed by atoms with van der Waals surface area (Å²) in [6, 6.07) is 3.63. The lowest BCUT2D eigenvalue weighted by atomic mass is 9.95. The molecule has 1 aromatic carbocycles. The van der Waals surface area contributed by atoms with E-state index in [4.69, 9.17) is 4.74 Å². The molecule has 0 aliphatic carbocycles. The highest BCUT2D eigenvalue weighted by molar-refractivity contribution is 5.92. The summed E-state index contributed by atoms with van der Waals surface area (Å²) in [6.07, 6.45) is 5.78. The number of nitrogens with zero attached hydrogens (tertiary/aromatic N) is 1. The maximum absolute atomic E-state index is 13.9. The van der Waals surface area contributed by atoms with Crippen LogP contribution < -0.4 is 10.6 Å². The molecule has 1 aromatic rings. The van der Waals surface area contributed by atoms with E-state index < -0.39 is 36.3 Å². The number of carbonyl (C=O) groups excluding carboxylic acids is 3. The second-order valence-corrected chi connectivity index (χ2v) is 11.3. The first kappa shape index (κ1) is 33.4. The van der Waals surface area contributed by atoms with Crippen molar-refractivity contribution in [2.75, 3.05) is 13.2 Å². The third kappa shape index (κ3) is 11.4. The van der Waals surface area contributed by atoms with Gasteiger partial charge in [0.25, 0.3) is 0 Å². The molecule has 8 heteroatoms. The van der Waals surface area contributed by atoms with Gasteiger partial charge in [0.15, 0.2) is 0 Å². The van der Waals surface area contributed by atoms with Gasteiger partial charge in [-0.05, 0) is 65.5 Å². The zero-order valence-corrected chi connectivity index (χ0v) is 24.9. The molecule has 216 valence electrons. The van der Waals surface area contributed by atoms with Gasteiger partial charge < -0.3 is 25.4 Å². The summed E-state index contributed by atoms with van der Waals surface area (Å²) in [5.41, 5.74) is 1.93. The fourth-order valence-corrected chi connectivity index (χ4v) is 4.50. The van der Waals surface area contributed by atoms with Gasteiger partial charge in [-0.15, -0.1) is 0 Å². The second kappa shape index (κ2) is 16.4. The van der Waals surface area contributed by atoms with E-state index in [0.29, 0.717) is 13.0 Å². The van der Waals surface area contributed by atoms with Crippen LogP contribution in [0.5, 0.6) is 0 Å². The van der Waals surface area contributed by atoms with Gasteiger partial charge in [-0.25, -0.2) is 4.79 Å². The van der Waals surface area contributed by atoms with Gasteiger partial charge in [0.2, 0.25) is 11.8 Å². The van der Waals surface area contributed by atoms with Crippen molar-refractivity contribution in [3.8, 4) is 0 Å². The monoisotopic (exact) mass is 533 g/mol. The van der Waals surface area contributed by atoms with Gasteiger partial charge >= 0.3 is 6.09 Å². The first-order valence-corrected chi connectivity index (χ1v) is 14.1. The number of benzene rings is 1. The number of nitrogens with one attached hydrogen (secondary N) is 2. The summed E-state index contributed by atoms with van der Waals surface area (Å²) in [7, 11) is 0. The predicted molar refractivity (Wildman–Crippen MR) is 152 cm³/mol. The Hall–Kier alpha value is -2.61. The minimum atomic E-state index is -1.24. The minimum Gasteiger partial charge on any atom is -0.444 e. The van der Waals surface area contributed by atoms with Gasteiger partial charge in [-0.1, -0.05) is 69.7 Å². The number of hydrogen-bond acceptors (Lipinski definition) is 5. The lowest BCUT2D eigenvalue weighted by Crippen LogP contribution is -2.55. The topological polar surface area (TPSA) is 108 Å². The molecule has 38 heavy (non-hydrogen) atoms. The van der Waals surface area contributed by atoms with Gasteiger partial charge in [0.1, 0.15) is 17.7 Å². The van der Waals surface area contributed by atoms with E-state index >= 15 is 0 Å². The fourth-order valence-electron chi connectivity index (χ4n) is 4.50. The van der Waals surface area contributed by atoms with E-state index in [-0.39, 0.29) is 11.9 Å². The number of alkyl carbamates (subject to hydrolysis) is 1. The Kier molecular flexibility index (Phi) is 14.4. The van der Waals surface area contributed by atoms with Crippen molar-refractivity contribution < 1.29 is 24.2 Å². The first-order chi connectivity index (χ1) is 17.8. The zero-order chi connectivity index (χ0) is 28.9. The number of hydrogen-bond donors (Lipinski definition) is 3. The number of carbonyl (C=O) groups is 3. The fraction of sp³-hybridized carbons (Fsp3) is 0.700. The molecule has 8 nitrogen and oxygen atoms in total. The molecule has 0 saturated carbocycles. The van der Waals surface area contributed by atoms with Crippen LogP contribution in [-0.4, -0.2) is 58.8 Å². The molecule has 1 rings (SSSR count). The van der Waals surface area contributed by atoms with Crippen molar-refractivity contribution in [3.05, 3.63) is 34.9 Å². The molecule has 3 N–H and O–H groups in total. The van der Waals surface area contributed by atoms with Crippen molar-refractivity contribution in [1.29, 1.82) is 0 Å². The number of unbranched alkanes of at least 4 members (excludes halogenated alkanes) is 4. The molecule has 0 aliphatic rings. The maximum Gasteiger partial charge on any atom is 0.408 e. The van der Waals surface area contributed by atoms with Gasteiger partial charge in [0, 0.05) is 12.6 Å². The van der Waals surface area contributed by atoms with Crippen LogP contribution in [0.15, 0.2) is 18.2 Å². The Bertz CT molecular complexity index is 896. The molecule has 3 amide bonds.